The quantitative estimate of drug-likeness (QED) is 0.121. The van der Waals surface area contributed by atoms with Crippen molar-refractivity contribution in [1.82, 2.24) is 9.13 Å². The molecule has 3 aromatic carbocycles. The molecule has 1 aliphatic rings. The first-order valence-corrected chi connectivity index (χ1v) is 15.8. The van der Waals surface area contributed by atoms with Gasteiger partial charge in [-0.2, -0.15) is 0 Å². The Labute approximate surface area is 268 Å². The van der Waals surface area contributed by atoms with Crippen LogP contribution >= 0.6 is 11.3 Å². The molecule has 6 rings (SSSR count). The number of allylic oxidation sites excluding steroid dienone is 1. The average Bonchev–Trinajstić information content (AvgIpc) is 3.49. The molecule has 0 N–H and O–H groups in total. The van der Waals surface area contributed by atoms with Gasteiger partial charge in [-0.3, -0.25) is 19.5 Å². The third-order valence-corrected chi connectivity index (χ3v) is 9.06. The maximum atomic E-state index is 14.3. The first-order valence-electron chi connectivity index (χ1n) is 15.0. The van der Waals surface area contributed by atoms with Gasteiger partial charge in [-0.1, -0.05) is 59.9 Å². The smallest absolute Gasteiger partial charge is 0.338 e. The highest BCUT2D eigenvalue weighted by atomic mass is 32.1. The summed E-state index contributed by atoms with van der Waals surface area (Å²) in [6, 6.07) is 21.1. The highest BCUT2D eigenvalue weighted by molar-refractivity contribution is 7.07. The van der Waals surface area contributed by atoms with Crippen molar-refractivity contribution in [1.29, 1.82) is 0 Å². The summed E-state index contributed by atoms with van der Waals surface area (Å²) in [7, 11) is 0. The van der Waals surface area contributed by atoms with E-state index in [1.807, 2.05) is 68.5 Å². The van der Waals surface area contributed by atoms with Crippen LogP contribution in [-0.2, 0) is 16.1 Å². The van der Waals surface area contributed by atoms with Crippen molar-refractivity contribution in [3.05, 3.63) is 136 Å². The third kappa shape index (κ3) is 5.43. The number of nitro groups is 1. The molecule has 234 valence electrons. The summed E-state index contributed by atoms with van der Waals surface area (Å²) in [5.74, 6) is 0.0470. The zero-order valence-corrected chi connectivity index (χ0v) is 26.7. The molecule has 0 fully saturated rings. The lowest BCUT2D eigenvalue weighted by Crippen LogP contribution is -2.40. The van der Waals surface area contributed by atoms with Crippen molar-refractivity contribution in [3.63, 3.8) is 0 Å². The highest BCUT2D eigenvalue weighted by Crippen LogP contribution is 2.36. The van der Waals surface area contributed by atoms with Crippen LogP contribution in [0.5, 0.6) is 5.75 Å². The minimum atomic E-state index is -0.787. The van der Waals surface area contributed by atoms with E-state index < -0.39 is 16.9 Å². The van der Waals surface area contributed by atoms with E-state index in [0.717, 1.165) is 27.7 Å². The zero-order chi connectivity index (χ0) is 32.5. The van der Waals surface area contributed by atoms with Crippen LogP contribution in [0.4, 0.5) is 5.69 Å². The van der Waals surface area contributed by atoms with Gasteiger partial charge < -0.3 is 14.0 Å². The molecular weight excluding hydrogens is 604 g/mol. The maximum Gasteiger partial charge on any atom is 0.338 e. The van der Waals surface area contributed by atoms with Crippen molar-refractivity contribution in [2.24, 2.45) is 4.99 Å². The molecule has 5 aromatic rings. The summed E-state index contributed by atoms with van der Waals surface area (Å²) < 4.78 is 15.6. The number of nitrogens with zero attached hydrogens (tertiary/aromatic N) is 4. The number of fused-ring (bicyclic) bond motifs is 2. The number of ether oxygens (including phenoxy) is 2. The Morgan fingerprint density at radius 1 is 1.02 bits per heavy atom. The Morgan fingerprint density at radius 2 is 1.74 bits per heavy atom. The van der Waals surface area contributed by atoms with E-state index in [0.29, 0.717) is 45.1 Å². The summed E-state index contributed by atoms with van der Waals surface area (Å²) in [5, 5.41) is 12.1. The molecule has 0 radical (unpaired) electrons. The van der Waals surface area contributed by atoms with Gasteiger partial charge in [-0.05, 0) is 51.5 Å². The topological polar surface area (TPSA) is 118 Å². The number of carbonyl (C=O) groups is 1. The van der Waals surface area contributed by atoms with E-state index in [4.69, 9.17) is 14.5 Å². The number of benzene rings is 3. The molecule has 0 unspecified atom stereocenters. The fourth-order valence-electron chi connectivity index (χ4n) is 5.96. The Balaban J connectivity index is 1.53. The monoisotopic (exact) mass is 636 g/mol. The second kappa shape index (κ2) is 12.6. The number of aromatic nitrogens is 2. The Bertz CT molecular complexity index is 2210. The average molecular weight is 637 g/mol. The number of non-ortho nitro benzene ring substituents is 1. The molecule has 11 heteroatoms. The van der Waals surface area contributed by atoms with Crippen molar-refractivity contribution in [2.45, 2.75) is 40.3 Å². The second-order valence-electron chi connectivity index (χ2n) is 10.8. The number of carbonyl (C=O) groups excluding carboxylic acids is 1. The predicted octanol–water partition coefficient (Wildman–Crippen LogP) is 5.42. The van der Waals surface area contributed by atoms with E-state index in [9.17, 15) is 19.7 Å². The summed E-state index contributed by atoms with van der Waals surface area (Å²) in [5.41, 5.74) is 4.92. The number of esters is 1. The van der Waals surface area contributed by atoms with Crippen LogP contribution in [0, 0.1) is 17.0 Å². The molecule has 0 saturated carbocycles. The van der Waals surface area contributed by atoms with E-state index >= 15 is 0 Å². The van der Waals surface area contributed by atoms with Crippen LogP contribution in [0.1, 0.15) is 49.2 Å². The van der Waals surface area contributed by atoms with Crippen LogP contribution in [0.15, 0.2) is 93.9 Å². The standard InChI is InChI=1S/C35H32N4O6S/c1-5-44-29-14-10-8-12-26(29)32-31(34(41)45-6-2)21(3)36-35-38(32)33(40)30(46-35)19-27-22(4)37(28-13-9-7-11-25(27)28)20-23-15-17-24(18-16-23)39(42)43/h7-19,32H,5-6,20H2,1-4H3/b30-19-/t32-/m0/s1. The number of rotatable bonds is 9. The minimum absolute atomic E-state index is 0.0393. The molecule has 1 aliphatic heterocycles. The van der Waals surface area contributed by atoms with Crippen LogP contribution in [-0.4, -0.2) is 33.2 Å². The van der Waals surface area contributed by atoms with Gasteiger partial charge in [0.05, 0.1) is 33.9 Å². The van der Waals surface area contributed by atoms with Crippen molar-refractivity contribution >= 4 is 40.0 Å². The third-order valence-electron chi connectivity index (χ3n) is 8.07. The Hall–Kier alpha value is -5.29. The minimum Gasteiger partial charge on any atom is -0.494 e. The molecule has 0 spiro atoms. The van der Waals surface area contributed by atoms with Crippen LogP contribution < -0.4 is 19.6 Å². The summed E-state index contributed by atoms with van der Waals surface area (Å²) >= 11 is 1.27. The van der Waals surface area contributed by atoms with E-state index in [1.54, 1.807) is 30.5 Å². The molecule has 2 aromatic heterocycles. The zero-order valence-electron chi connectivity index (χ0n) is 25.9. The van der Waals surface area contributed by atoms with Gasteiger partial charge in [-0.25, -0.2) is 9.79 Å². The molecule has 10 nitrogen and oxygen atoms in total. The lowest BCUT2D eigenvalue weighted by Gasteiger charge is -2.26. The molecule has 0 bridgehead atoms. The summed E-state index contributed by atoms with van der Waals surface area (Å²) in [6.45, 7) is 8.48. The van der Waals surface area contributed by atoms with Gasteiger partial charge >= 0.3 is 5.97 Å². The second-order valence-corrected chi connectivity index (χ2v) is 11.8. The molecule has 0 saturated heterocycles. The van der Waals surface area contributed by atoms with Crippen molar-refractivity contribution < 1.29 is 19.2 Å². The first kappa shape index (κ1) is 30.7. The van der Waals surface area contributed by atoms with Gasteiger partial charge in [0.15, 0.2) is 4.80 Å². The Kier molecular flexibility index (Phi) is 8.42. The SMILES string of the molecule is CCOC(=O)C1=C(C)N=c2s/c(=C\c3c(C)n(Cc4ccc([N+](=O)[O-])cc4)c4ccccc34)c(=O)n2[C@H]1c1ccccc1OCC. The molecule has 0 amide bonds. The van der Waals surface area contributed by atoms with Gasteiger partial charge in [0, 0.05) is 46.4 Å². The van der Waals surface area contributed by atoms with E-state index in [1.165, 1.54) is 23.5 Å². The van der Waals surface area contributed by atoms with Gasteiger partial charge in [-0.15, -0.1) is 0 Å². The van der Waals surface area contributed by atoms with Crippen LogP contribution in [0.3, 0.4) is 0 Å². The number of nitro benzene ring substituents is 1. The molecule has 46 heavy (non-hydrogen) atoms. The number of thiazole rings is 1. The normalized spacial score (nSPS) is 14.7. The van der Waals surface area contributed by atoms with Gasteiger partial charge in [0.1, 0.15) is 11.8 Å². The number of hydrogen-bond donors (Lipinski definition) is 0. The molecule has 0 aliphatic carbocycles. The van der Waals surface area contributed by atoms with Crippen LogP contribution in [0.2, 0.25) is 0 Å². The number of para-hydroxylation sites is 2. The highest BCUT2D eigenvalue weighted by Gasteiger charge is 2.35. The fraction of sp³-hybridized carbons (Fsp3) is 0.229. The van der Waals surface area contributed by atoms with E-state index in [2.05, 4.69) is 4.57 Å². The van der Waals surface area contributed by atoms with E-state index in [-0.39, 0.29) is 17.9 Å². The maximum absolute atomic E-state index is 14.3. The first-order chi connectivity index (χ1) is 22.2. The lowest BCUT2D eigenvalue weighted by atomic mass is 9.95. The van der Waals surface area contributed by atoms with Gasteiger partial charge in [0.2, 0.25) is 0 Å². The number of hydrogen-bond acceptors (Lipinski definition) is 8. The summed E-state index contributed by atoms with van der Waals surface area (Å²) in [4.78, 5) is 43.6. The lowest BCUT2D eigenvalue weighted by molar-refractivity contribution is -0.384. The van der Waals surface area contributed by atoms with Gasteiger partial charge in [0.25, 0.3) is 11.2 Å². The molecule has 1 atom stereocenters. The van der Waals surface area contributed by atoms with Crippen LogP contribution in [0.25, 0.3) is 17.0 Å². The fourth-order valence-corrected chi connectivity index (χ4v) is 6.99. The Morgan fingerprint density at radius 3 is 2.46 bits per heavy atom. The predicted molar refractivity (Wildman–Crippen MR) is 177 cm³/mol. The van der Waals surface area contributed by atoms with Crippen molar-refractivity contribution in [3.8, 4) is 5.75 Å². The molecular formula is C35H32N4O6S. The van der Waals surface area contributed by atoms with Crippen molar-refractivity contribution in [2.75, 3.05) is 13.2 Å². The molecule has 3 heterocycles. The summed E-state index contributed by atoms with van der Waals surface area (Å²) in [6.07, 6.45) is 1.89. The largest absolute Gasteiger partial charge is 0.494 e.